The van der Waals surface area contributed by atoms with Crippen LogP contribution in [-0.2, 0) is 9.59 Å². The van der Waals surface area contributed by atoms with Gasteiger partial charge in [0.25, 0.3) is 5.91 Å². The lowest BCUT2D eigenvalue weighted by atomic mass is 10.0. The highest BCUT2D eigenvalue weighted by Gasteiger charge is 2.36. The lowest BCUT2D eigenvalue weighted by Crippen LogP contribution is -2.51. The number of nitrogens with one attached hydrogen (secondary N) is 1. The van der Waals surface area contributed by atoms with Crippen molar-refractivity contribution in [3.8, 4) is 0 Å². The van der Waals surface area contributed by atoms with Gasteiger partial charge in [0.15, 0.2) is 0 Å². The molecule has 1 aromatic carbocycles. The van der Waals surface area contributed by atoms with Gasteiger partial charge in [-0.25, -0.2) is 0 Å². The summed E-state index contributed by atoms with van der Waals surface area (Å²) in [6.45, 7) is 3.20. The number of amides is 2. The average Bonchev–Trinajstić information content (AvgIpc) is 3.03. The van der Waals surface area contributed by atoms with Crippen molar-refractivity contribution >= 4 is 29.5 Å². The Morgan fingerprint density at radius 1 is 1.26 bits per heavy atom. The molecule has 0 radical (unpaired) electrons. The summed E-state index contributed by atoms with van der Waals surface area (Å²) in [4.78, 5) is 37.5. The lowest BCUT2D eigenvalue weighted by Gasteiger charge is -2.26. The third-order valence-electron chi connectivity index (χ3n) is 3.98. The van der Waals surface area contributed by atoms with Crippen molar-refractivity contribution in [2.75, 3.05) is 11.6 Å². The summed E-state index contributed by atoms with van der Waals surface area (Å²) in [7, 11) is 0. The number of aliphatic carboxylic acids is 1. The molecular formula is C16H20N2O4S. The fourth-order valence-corrected chi connectivity index (χ4v) is 3.42. The maximum atomic E-state index is 12.5. The number of benzene rings is 1. The van der Waals surface area contributed by atoms with Crippen molar-refractivity contribution in [2.45, 2.75) is 25.9 Å². The minimum atomic E-state index is -0.962. The summed E-state index contributed by atoms with van der Waals surface area (Å²) in [5.41, 5.74) is 0.541. The van der Waals surface area contributed by atoms with Crippen LogP contribution in [0.5, 0.6) is 0 Å². The molecule has 1 fully saturated rings. The number of thioether (sulfide) groups is 1. The maximum Gasteiger partial charge on any atom is 0.308 e. The van der Waals surface area contributed by atoms with Crippen LogP contribution in [0.15, 0.2) is 30.3 Å². The summed E-state index contributed by atoms with van der Waals surface area (Å²) in [5.74, 6) is -1.18. The first-order valence-electron chi connectivity index (χ1n) is 7.38. The van der Waals surface area contributed by atoms with Crippen LogP contribution in [0.3, 0.4) is 0 Å². The number of carboxylic acids is 1. The van der Waals surface area contributed by atoms with E-state index < -0.39 is 24.0 Å². The number of rotatable bonds is 5. The highest BCUT2D eigenvalue weighted by Crippen LogP contribution is 2.23. The molecule has 2 rings (SSSR count). The molecule has 0 bridgehead atoms. The molecule has 3 unspecified atom stereocenters. The summed E-state index contributed by atoms with van der Waals surface area (Å²) >= 11 is 1.51. The first-order valence-corrected chi connectivity index (χ1v) is 8.54. The van der Waals surface area contributed by atoms with Crippen molar-refractivity contribution < 1.29 is 19.5 Å². The van der Waals surface area contributed by atoms with E-state index in [4.69, 9.17) is 5.11 Å². The number of nitrogens with zero attached hydrogens (tertiary/aromatic N) is 1. The second-order valence-corrected chi connectivity index (χ2v) is 6.58. The van der Waals surface area contributed by atoms with Crippen molar-refractivity contribution in [1.29, 1.82) is 0 Å². The second kappa shape index (κ2) is 7.50. The largest absolute Gasteiger partial charge is 0.481 e. The van der Waals surface area contributed by atoms with Crippen LogP contribution in [0.2, 0.25) is 0 Å². The van der Waals surface area contributed by atoms with E-state index >= 15 is 0 Å². The van der Waals surface area contributed by atoms with Crippen molar-refractivity contribution in [3.05, 3.63) is 35.9 Å². The molecule has 6 nitrogen and oxygen atoms in total. The molecule has 3 atom stereocenters. The van der Waals surface area contributed by atoms with Gasteiger partial charge in [0.1, 0.15) is 6.04 Å². The van der Waals surface area contributed by atoms with Crippen molar-refractivity contribution in [3.63, 3.8) is 0 Å². The summed E-state index contributed by atoms with van der Waals surface area (Å²) in [6, 6.07) is 7.75. The summed E-state index contributed by atoms with van der Waals surface area (Å²) < 4.78 is 0. The Balaban J connectivity index is 2.05. The normalized spacial score (nSPS) is 19.9. The highest BCUT2D eigenvalue weighted by molar-refractivity contribution is 7.99. The lowest BCUT2D eigenvalue weighted by molar-refractivity contribution is -0.142. The number of hydrogen-bond donors (Lipinski definition) is 2. The van der Waals surface area contributed by atoms with Crippen LogP contribution in [0.25, 0.3) is 0 Å². The van der Waals surface area contributed by atoms with Crippen LogP contribution in [-0.4, -0.2) is 51.5 Å². The first-order chi connectivity index (χ1) is 10.9. The molecule has 0 saturated carbocycles. The number of carbonyl (C=O) groups is 3. The molecule has 2 N–H and O–H groups in total. The smallest absolute Gasteiger partial charge is 0.308 e. The second-order valence-electron chi connectivity index (χ2n) is 5.58. The van der Waals surface area contributed by atoms with E-state index in [2.05, 4.69) is 5.32 Å². The van der Waals surface area contributed by atoms with E-state index in [0.29, 0.717) is 17.2 Å². The Hall–Kier alpha value is -2.02. The highest BCUT2D eigenvalue weighted by atomic mass is 32.2. The van der Waals surface area contributed by atoms with E-state index in [9.17, 15) is 14.4 Å². The zero-order valence-electron chi connectivity index (χ0n) is 13.1. The van der Waals surface area contributed by atoms with Gasteiger partial charge in [-0.3, -0.25) is 14.4 Å². The maximum absolute atomic E-state index is 12.5. The Bertz CT molecular complexity index is 593. The number of carboxylic acid groups (broad SMARTS) is 1. The number of hydrogen-bond acceptors (Lipinski definition) is 4. The molecule has 1 aromatic rings. The molecule has 7 heteroatoms. The third-order valence-corrected chi connectivity index (χ3v) is 4.99. The fraction of sp³-hybridized carbons (Fsp3) is 0.438. The quantitative estimate of drug-likeness (QED) is 0.849. The predicted octanol–water partition coefficient (Wildman–Crippen LogP) is 1.43. The average molecular weight is 336 g/mol. The fourth-order valence-electron chi connectivity index (χ4n) is 2.27. The summed E-state index contributed by atoms with van der Waals surface area (Å²) in [5, 5.41) is 11.7. The van der Waals surface area contributed by atoms with Gasteiger partial charge < -0.3 is 15.3 Å². The minimum absolute atomic E-state index is 0.185. The van der Waals surface area contributed by atoms with Crippen LogP contribution < -0.4 is 5.32 Å². The van der Waals surface area contributed by atoms with E-state index in [1.54, 1.807) is 38.1 Å². The van der Waals surface area contributed by atoms with Gasteiger partial charge in [0.2, 0.25) is 5.91 Å². The van der Waals surface area contributed by atoms with Gasteiger partial charge in [-0.1, -0.05) is 18.2 Å². The Kier molecular flexibility index (Phi) is 5.65. The molecule has 1 aliphatic rings. The van der Waals surface area contributed by atoms with Crippen LogP contribution in [0.4, 0.5) is 0 Å². The third kappa shape index (κ3) is 4.04. The monoisotopic (exact) mass is 336 g/mol. The molecule has 0 aromatic heterocycles. The van der Waals surface area contributed by atoms with Crippen molar-refractivity contribution in [1.82, 2.24) is 10.2 Å². The molecule has 23 heavy (non-hydrogen) atoms. The van der Waals surface area contributed by atoms with Gasteiger partial charge >= 0.3 is 5.97 Å². The molecule has 0 spiro atoms. The Labute approximate surface area is 139 Å². The van der Waals surface area contributed by atoms with Crippen LogP contribution >= 0.6 is 11.8 Å². The molecule has 1 aliphatic heterocycles. The minimum Gasteiger partial charge on any atom is -0.481 e. The predicted molar refractivity (Wildman–Crippen MR) is 88.1 cm³/mol. The first kappa shape index (κ1) is 17.3. The molecule has 1 heterocycles. The molecule has 1 saturated heterocycles. The standard InChI is InChI=1S/C16H20N2O4S/c1-10(16(21)22)11(2)17-14(19)13-8-23-9-18(13)15(20)12-6-4-3-5-7-12/h3-7,10-11,13H,8-9H2,1-2H3,(H,17,19)(H,21,22). The van der Waals surface area contributed by atoms with Gasteiger partial charge in [0.05, 0.1) is 11.8 Å². The molecule has 0 aliphatic carbocycles. The van der Waals surface area contributed by atoms with E-state index in [1.165, 1.54) is 16.7 Å². The van der Waals surface area contributed by atoms with Crippen molar-refractivity contribution in [2.24, 2.45) is 5.92 Å². The van der Waals surface area contributed by atoms with Gasteiger partial charge in [-0.05, 0) is 26.0 Å². The van der Waals surface area contributed by atoms with E-state index in [-0.39, 0.29) is 11.8 Å². The van der Waals surface area contributed by atoms with Crippen LogP contribution in [0.1, 0.15) is 24.2 Å². The molecular weight excluding hydrogens is 316 g/mol. The van der Waals surface area contributed by atoms with Gasteiger partial charge in [0, 0.05) is 17.4 Å². The topological polar surface area (TPSA) is 86.7 Å². The number of carbonyl (C=O) groups excluding carboxylic acids is 2. The SMILES string of the molecule is CC(NC(=O)C1CSCN1C(=O)c1ccccc1)C(C)C(=O)O. The summed E-state index contributed by atoms with van der Waals surface area (Å²) in [6.07, 6.45) is 0. The van der Waals surface area contributed by atoms with Gasteiger partial charge in [-0.2, -0.15) is 0 Å². The molecule has 2 amide bonds. The van der Waals surface area contributed by atoms with Gasteiger partial charge in [-0.15, -0.1) is 11.8 Å². The van der Waals surface area contributed by atoms with E-state index in [0.717, 1.165) is 0 Å². The molecule has 124 valence electrons. The zero-order chi connectivity index (χ0) is 17.0. The zero-order valence-corrected chi connectivity index (χ0v) is 13.9. The Morgan fingerprint density at radius 3 is 2.52 bits per heavy atom. The van der Waals surface area contributed by atoms with Crippen LogP contribution in [0, 0.1) is 5.92 Å². The van der Waals surface area contributed by atoms with E-state index in [1.807, 2.05) is 6.07 Å². The Morgan fingerprint density at radius 2 is 1.91 bits per heavy atom.